The predicted octanol–water partition coefficient (Wildman–Crippen LogP) is 2.44. The van der Waals surface area contributed by atoms with Crippen molar-refractivity contribution in [3.05, 3.63) is 64.9 Å². The number of piperazine rings is 1. The lowest BCUT2D eigenvalue weighted by Crippen LogP contribution is -2.52. The number of hydrogen-bond acceptors (Lipinski definition) is 4. The standard InChI is InChI=1S/C20H23ClFN3O3S/c1-23(14-17-18(21)8-5-9-19(17)22)15-20(26)24-10-12-25(13-11-24)29(27,28)16-6-3-2-4-7-16/h2-9H,10-15H2,1H3. The van der Waals surface area contributed by atoms with Crippen LogP contribution in [-0.4, -0.2) is 68.2 Å². The fourth-order valence-electron chi connectivity index (χ4n) is 3.26. The quantitative estimate of drug-likeness (QED) is 0.693. The molecule has 2 aromatic rings. The first-order valence-electron chi connectivity index (χ1n) is 9.23. The number of likely N-dealkylation sites (N-methyl/N-ethyl adjacent to an activating group) is 1. The Balaban J connectivity index is 1.55. The maximum absolute atomic E-state index is 13.9. The minimum absolute atomic E-state index is 0.0934. The Labute approximate surface area is 175 Å². The molecule has 2 aromatic carbocycles. The number of carbonyl (C=O) groups excluding carboxylic acids is 1. The molecule has 0 N–H and O–H groups in total. The molecule has 1 amide bonds. The van der Waals surface area contributed by atoms with Crippen molar-refractivity contribution in [1.29, 1.82) is 0 Å². The Morgan fingerprint density at radius 1 is 1.07 bits per heavy atom. The SMILES string of the molecule is CN(CC(=O)N1CCN(S(=O)(=O)c2ccccc2)CC1)Cc1c(F)cccc1Cl. The molecule has 0 aliphatic carbocycles. The number of hydrogen-bond donors (Lipinski definition) is 0. The molecule has 3 rings (SSSR count). The maximum atomic E-state index is 13.9. The van der Waals surface area contributed by atoms with E-state index in [9.17, 15) is 17.6 Å². The van der Waals surface area contributed by atoms with Crippen LogP contribution in [0.5, 0.6) is 0 Å². The van der Waals surface area contributed by atoms with E-state index in [1.807, 2.05) is 0 Å². The summed E-state index contributed by atoms with van der Waals surface area (Å²) in [5.74, 6) is -0.534. The summed E-state index contributed by atoms with van der Waals surface area (Å²) in [6.07, 6.45) is 0. The second-order valence-corrected chi connectivity index (χ2v) is 9.32. The van der Waals surface area contributed by atoms with Crippen LogP contribution in [0.2, 0.25) is 5.02 Å². The monoisotopic (exact) mass is 439 g/mol. The fourth-order valence-corrected chi connectivity index (χ4v) is 4.93. The fraction of sp³-hybridized carbons (Fsp3) is 0.350. The van der Waals surface area contributed by atoms with Gasteiger partial charge in [-0.05, 0) is 31.3 Å². The maximum Gasteiger partial charge on any atom is 0.243 e. The van der Waals surface area contributed by atoms with Crippen molar-refractivity contribution in [3.63, 3.8) is 0 Å². The second kappa shape index (κ2) is 9.21. The van der Waals surface area contributed by atoms with Crippen LogP contribution in [0, 0.1) is 5.82 Å². The van der Waals surface area contributed by atoms with Crippen molar-refractivity contribution in [2.45, 2.75) is 11.4 Å². The number of rotatable bonds is 6. The van der Waals surface area contributed by atoms with Gasteiger partial charge < -0.3 is 4.90 Å². The topological polar surface area (TPSA) is 60.9 Å². The van der Waals surface area contributed by atoms with Gasteiger partial charge in [0, 0.05) is 43.3 Å². The molecule has 1 fully saturated rings. The van der Waals surface area contributed by atoms with Crippen LogP contribution in [0.3, 0.4) is 0 Å². The first-order chi connectivity index (χ1) is 13.8. The molecule has 0 aromatic heterocycles. The zero-order valence-corrected chi connectivity index (χ0v) is 17.7. The van der Waals surface area contributed by atoms with Gasteiger partial charge in [-0.3, -0.25) is 9.69 Å². The lowest BCUT2D eigenvalue weighted by Gasteiger charge is -2.34. The molecule has 0 atom stereocenters. The molecule has 156 valence electrons. The van der Waals surface area contributed by atoms with Crippen LogP contribution in [0.1, 0.15) is 5.56 Å². The van der Waals surface area contributed by atoms with Gasteiger partial charge in [-0.25, -0.2) is 12.8 Å². The van der Waals surface area contributed by atoms with Crippen molar-refractivity contribution in [2.24, 2.45) is 0 Å². The zero-order valence-electron chi connectivity index (χ0n) is 16.1. The van der Waals surface area contributed by atoms with Gasteiger partial charge in [0.05, 0.1) is 11.4 Å². The smallest absolute Gasteiger partial charge is 0.243 e. The van der Waals surface area contributed by atoms with Crippen LogP contribution in [-0.2, 0) is 21.4 Å². The van der Waals surface area contributed by atoms with Crippen LogP contribution >= 0.6 is 11.6 Å². The molecule has 0 saturated carbocycles. The van der Waals surface area contributed by atoms with Gasteiger partial charge in [-0.15, -0.1) is 0 Å². The van der Waals surface area contributed by atoms with Gasteiger partial charge in [0.2, 0.25) is 15.9 Å². The van der Waals surface area contributed by atoms with Crippen molar-refractivity contribution in [3.8, 4) is 0 Å². The van der Waals surface area contributed by atoms with E-state index >= 15 is 0 Å². The van der Waals surface area contributed by atoms with E-state index in [1.165, 1.54) is 16.4 Å². The zero-order chi connectivity index (χ0) is 21.0. The summed E-state index contributed by atoms with van der Waals surface area (Å²) in [6, 6.07) is 12.8. The van der Waals surface area contributed by atoms with E-state index in [4.69, 9.17) is 11.6 Å². The minimum Gasteiger partial charge on any atom is -0.339 e. The third kappa shape index (κ3) is 5.14. The summed E-state index contributed by atoms with van der Waals surface area (Å²) in [5, 5.41) is 0.323. The Morgan fingerprint density at radius 2 is 1.72 bits per heavy atom. The molecule has 1 aliphatic rings. The average molecular weight is 440 g/mol. The highest BCUT2D eigenvalue weighted by atomic mass is 35.5. The molecular weight excluding hydrogens is 417 g/mol. The van der Waals surface area contributed by atoms with E-state index in [-0.39, 0.29) is 37.0 Å². The number of benzene rings is 2. The minimum atomic E-state index is -3.56. The number of amides is 1. The molecule has 29 heavy (non-hydrogen) atoms. The number of sulfonamides is 1. The highest BCUT2D eigenvalue weighted by Gasteiger charge is 2.30. The Morgan fingerprint density at radius 3 is 2.34 bits per heavy atom. The molecule has 1 aliphatic heterocycles. The van der Waals surface area contributed by atoms with E-state index in [1.54, 1.807) is 53.2 Å². The molecule has 6 nitrogen and oxygen atoms in total. The van der Waals surface area contributed by atoms with Gasteiger partial charge in [0.15, 0.2) is 0 Å². The summed E-state index contributed by atoms with van der Waals surface area (Å²) in [5.41, 5.74) is 0.350. The summed E-state index contributed by atoms with van der Waals surface area (Å²) < 4.78 is 40.7. The van der Waals surface area contributed by atoms with Gasteiger partial charge >= 0.3 is 0 Å². The Bertz CT molecular complexity index is 944. The van der Waals surface area contributed by atoms with E-state index in [0.717, 1.165) is 0 Å². The first kappa shape index (κ1) is 21.7. The summed E-state index contributed by atoms with van der Waals surface area (Å²) >= 11 is 6.04. The van der Waals surface area contributed by atoms with Crippen molar-refractivity contribution in [1.82, 2.24) is 14.1 Å². The lowest BCUT2D eigenvalue weighted by molar-refractivity contribution is -0.133. The van der Waals surface area contributed by atoms with Crippen LogP contribution in [0.25, 0.3) is 0 Å². The van der Waals surface area contributed by atoms with Crippen molar-refractivity contribution in [2.75, 3.05) is 39.8 Å². The van der Waals surface area contributed by atoms with Gasteiger partial charge in [-0.2, -0.15) is 4.31 Å². The summed E-state index contributed by atoms with van der Waals surface area (Å²) in [7, 11) is -1.84. The summed E-state index contributed by atoms with van der Waals surface area (Å²) in [4.78, 5) is 16.2. The van der Waals surface area contributed by atoms with Gasteiger partial charge in [0.1, 0.15) is 5.82 Å². The molecule has 0 spiro atoms. The van der Waals surface area contributed by atoms with Gasteiger partial charge in [0.25, 0.3) is 0 Å². The molecule has 1 heterocycles. The third-order valence-electron chi connectivity index (χ3n) is 4.87. The van der Waals surface area contributed by atoms with E-state index in [2.05, 4.69) is 0 Å². The Kier molecular flexibility index (Phi) is 6.89. The van der Waals surface area contributed by atoms with E-state index < -0.39 is 15.8 Å². The summed E-state index contributed by atoms with van der Waals surface area (Å²) in [6.45, 7) is 1.42. The van der Waals surface area contributed by atoms with Crippen LogP contribution in [0.4, 0.5) is 4.39 Å². The van der Waals surface area contributed by atoms with Crippen molar-refractivity contribution < 1.29 is 17.6 Å². The number of carbonyl (C=O) groups is 1. The lowest BCUT2D eigenvalue weighted by atomic mass is 10.2. The van der Waals surface area contributed by atoms with Crippen LogP contribution in [0.15, 0.2) is 53.4 Å². The molecule has 1 saturated heterocycles. The van der Waals surface area contributed by atoms with Gasteiger partial charge in [-0.1, -0.05) is 35.9 Å². The normalized spacial score (nSPS) is 15.7. The molecule has 0 radical (unpaired) electrons. The van der Waals surface area contributed by atoms with Crippen LogP contribution < -0.4 is 0 Å². The molecule has 0 bridgehead atoms. The third-order valence-corrected chi connectivity index (χ3v) is 7.13. The highest BCUT2D eigenvalue weighted by molar-refractivity contribution is 7.89. The molecule has 9 heteroatoms. The second-order valence-electron chi connectivity index (χ2n) is 6.97. The number of halogens is 2. The molecular formula is C20H23ClFN3O3S. The predicted molar refractivity (Wildman–Crippen MR) is 110 cm³/mol. The van der Waals surface area contributed by atoms with Crippen molar-refractivity contribution >= 4 is 27.5 Å². The molecule has 0 unspecified atom stereocenters. The van der Waals surface area contributed by atoms with E-state index in [0.29, 0.717) is 23.7 Å². The first-order valence-corrected chi connectivity index (χ1v) is 11.1. The Hall–Kier alpha value is -2.00. The highest BCUT2D eigenvalue weighted by Crippen LogP contribution is 2.21. The number of nitrogens with zero attached hydrogens (tertiary/aromatic N) is 3. The average Bonchev–Trinajstić information content (AvgIpc) is 2.71. The largest absolute Gasteiger partial charge is 0.339 e.